The minimum atomic E-state index is -0.0584. The predicted molar refractivity (Wildman–Crippen MR) is 85.8 cm³/mol. The van der Waals surface area contributed by atoms with E-state index in [0.717, 1.165) is 22.4 Å². The van der Waals surface area contributed by atoms with Gasteiger partial charge >= 0.3 is 0 Å². The molecule has 0 unspecified atom stereocenters. The molecule has 1 aliphatic rings. The number of halogens is 1. The molecule has 0 aromatic heterocycles. The summed E-state index contributed by atoms with van der Waals surface area (Å²) in [6.45, 7) is 0.445. The number of fused-ring (bicyclic) bond motifs is 1. The number of amides is 2. The van der Waals surface area contributed by atoms with Crippen LogP contribution in [-0.4, -0.2) is 11.8 Å². The predicted octanol–water partition coefficient (Wildman–Crippen LogP) is 2.69. The molecule has 1 aliphatic heterocycles. The van der Waals surface area contributed by atoms with Gasteiger partial charge < -0.3 is 10.6 Å². The van der Waals surface area contributed by atoms with Gasteiger partial charge in [0, 0.05) is 17.3 Å². The summed E-state index contributed by atoms with van der Waals surface area (Å²) in [5, 5.41) is 6.30. The molecule has 0 atom stereocenters. The standard InChI is InChI=1S/C17H15ClN2O2/c18-14-3-1-2-11(7-14)8-16(21)19-10-12-4-5-15-13(6-12)9-17(22)20-15/h1-7H,8-10H2,(H,19,21)(H,20,22). The van der Waals surface area contributed by atoms with Crippen LogP contribution in [0.3, 0.4) is 0 Å². The van der Waals surface area contributed by atoms with Crippen molar-refractivity contribution in [3.8, 4) is 0 Å². The Morgan fingerprint density at radius 3 is 2.86 bits per heavy atom. The van der Waals surface area contributed by atoms with E-state index in [9.17, 15) is 9.59 Å². The molecule has 2 aromatic rings. The van der Waals surface area contributed by atoms with Gasteiger partial charge in [0.25, 0.3) is 0 Å². The molecule has 22 heavy (non-hydrogen) atoms. The molecule has 2 N–H and O–H groups in total. The molecule has 5 heteroatoms. The van der Waals surface area contributed by atoms with Crippen LogP contribution in [0.1, 0.15) is 16.7 Å². The fourth-order valence-corrected chi connectivity index (χ4v) is 2.70. The minimum Gasteiger partial charge on any atom is -0.352 e. The highest BCUT2D eigenvalue weighted by molar-refractivity contribution is 6.30. The maximum atomic E-state index is 12.0. The van der Waals surface area contributed by atoms with E-state index in [1.165, 1.54) is 0 Å². The molecule has 112 valence electrons. The number of hydrogen-bond donors (Lipinski definition) is 2. The van der Waals surface area contributed by atoms with Crippen LogP contribution < -0.4 is 10.6 Å². The van der Waals surface area contributed by atoms with E-state index in [2.05, 4.69) is 10.6 Å². The first kappa shape index (κ1) is 14.6. The molecule has 0 bridgehead atoms. The second-order valence-corrected chi connectivity index (χ2v) is 5.74. The number of anilines is 1. The fraction of sp³-hybridized carbons (Fsp3) is 0.176. The van der Waals surface area contributed by atoms with E-state index in [1.807, 2.05) is 30.3 Å². The fourth-order valence-electron chi connectivity index (χ4n) is 2.49. The average Bonchev–Trinajstić information content (AvgIpc) is 2.84. The van der Waals surface area contributed by atoms with E-state index < -0.39 is 0 Å². The van der Waals surface area contributed by atoms with Gasteiger partial charge in [0.15, 0.2) is 0 Å². The Bertz CT molecular complexity index is 743. The van der Waals surface area contributed by atoms with Crippen LogP contribution in [-0.2, 0) is 29.0 Å². The van der Waals surface area contributed by atoms with Crippen LogP contribution in [0.2, 0.25) is 5.02 Å². The van der Waals surface area contributed by atoms with Crippen LogP contribution in [0.5, 0.6) is 0 Å². The van der Waals surface area contributed by atoms with E-state index in [0.29, 0.717) is 24.4 Å². The molecular weight excluding hydrogens is 300 g/mol. The molecule has 4 nitrogen and oxygen atoms in total. The Balaban J connectivity index is 1.57. The highest BCUT2D eigenvalue weighted by Gasteiger charge is 2.17. The normalized spacial score (nSPS) is 12.7. The van der Waals surface area contributed by atoms with Crippen molar-refractivity contribution in [2.75, 3.05) is 5.32 Å². The molecule has 3 rings (SSSR count). The first-order chi connectivity index (χ1) is 10.6. The zero-order valence-electron chi connectivity index (χ0n) is 11.9. The summed E-state index contributed by atoms with van der Waals surface area (Å²) < 4.78 is 0. The van der Waals surface area contributed by atoms with Crippen molar-refractivity contribution in [1.82, 2.24) is 5.32 Å². The number of rotatable bonds is 4. The topological polar surface area (TPSA) is 58.2 Å². The van der Waals surface area contributed by atoms with Crippen molar-refractivity contribution < 1.29 is 9.59 Å². The van der Waals surface area contributed by atoms with Gasteiger partial charge in [-0.3, -0.25) is 9.59 Å². The van der Waals surface area contributed by atoms with Gasteiger partial charge in [-0.2, -0.15) is 0 Å². The highest BCUT2D eigenvalue weighted by atomic mass is 35.5. The van der Waals surface area contributed by atoms with E-state index >= 15 is 0 Å². The smallest absolute Gasteiger partial charge is 0.228 e. The summed E-state index contributed by atoms with van der Waals surface area (Å²) in [6.07, 6.45) is 0.700. The van der Waals surface area contributed by atoms with Crippen molar-refractivity contribution in [2.45, 2.75) is 19.4 Å². The SMILES string of the molecule is O=C(Cc1cccc(Cl)c1)NCc1ccc2c(c1)CC(=O)N2. The van der Waals surface area contributed by atoms with E-state index in [1.54, 1.807) is 12.1 Å². The molecular formula is C17H15ClN2O2. The van der Waals surface area contributed by atoms with Crippen molar-refractivity contribution in [3.05, 3.63) is 64.2 Å². The van der Waals surface area contributed by atoms with Gasteiger partial charge in [-0.15, -0.1) is 0 Å². The largest absolute Gasteiger partial charge is 0.352 e. The number of benzene rings is 2. The lowest BCUT2D eigenvalue weighted by atomic mass is 10.1. The molecule has 0 saturated carbocycles. The zero-order chi connectivity index (χ0) is 15.5. The van der Waals surface area contributed by atoms with Gasteiger partial charge in [-0.05, 0) is 34.9 Å². The van der Waals surface area contributed by atoms with E-state index in [4.69, 9.17) is 11.6 Å². The first-order valence-electron chi connectivity index (χ1n) is 7.03. The lowest BCUT2D eigenvalue weighted by Crippen LogP contribution is -2.24. The van der Waals surface area contributed by atoms with Gasteiger partial charge in [-0.25, -0.2) is 0 Å². The maximum Gasteiger partial charge on any atom is 0.228 e. The number of nitrogens with one attached hydrogen (secondary N) is 2. The van der Waals surface area contributed by atoms with Crippen molar-refractivity contribution in [3.63, 3.8) is 0 Å². The lowest BCUT2D eigenvalue weighted by Gasteiger charge is -2.07. The average molecular weight is 315 g/mol. The summed E-state index contributed by atoms with van der Waals surface area (Å²) >= 11 is 5.90. The third kappa shape index (κ3) is 3.46. The second-order valence-electron chi connectivity index (χ2n) is 5.30. The van der Waals surface area contributed by atoms with Gasteiger partial charge in [0.05, 0.1) is 12.8 Å². The summed E-state index contributed by atoms with van der Waals surface area (Å²) in [6, 6.07) is 13.0. The Kier molecular flexibility index (Phi) is 4.11. The number of hydrogen-bond acceptors (Lipinski definition) is 2. The summed E-state index contributed by atoms with van der Waals surface area (Å²) in [5.74, 6) is -0.0471. The summed E-state index contributed by atoms with van der Waals surface area (Å²) in [5.41, 5.74) is 3.70. The third-order valence-electron chi connectivity index (χ3n) is 3.54. The third-order valence-corrected chi connectivity index (χ3v) is 3.77. The van der Waals surface area contributed by atoms with Crippen molar-refractivity contribution in [2.24, 2.45) is 0 Å². The van der Waals surface area contributed by atoms with Gasteiger partial charge in [0.2, 0.25) is 11.8 Å². The van der Waals surface area contributed by atoms with Gasteiger partial charge in [-0.1, -0.05) is 35.9 Å². The van der Waals surface area contributed by atoms with E-state index in [-0.39, 0.29) is 11.8 Å². The lowest BCUT2D eigenvalue weighted by molar-refractivity contribution is -0.120. The Morgan fingerprint density at radius 2 is 2.05 bits per heavy atom. The molecule has 0 spiro atoms. The Morgan fingerprint density at radius 1 is 1.18 bits per heavy atom. The van der Waals surface area contributed by atoms with Crippen LogP contribution in [0.15, 0.2) is 42.5 Å². The van der Waals surface area contributed by atoms with Crippen LogP contribution >= 0.6 is 11.6 Å². The summed E-state index contributed by atoms with van der Waals surface area (Å²) in [7, 11) is 0. The highest BCUT2D eigenvalue weighted by Crippen LogP contribution is 2.23. The first-order valence-corrected chi connectivity index (χ1v) is 7.41. The van der Waals surface area contributed by atoms with Crippen LogP contribution in [0.4, 0.5) is 5.69 Å². The Labute approximate surface area is 133 Å². The minimum absolute atomic E-state index is 0.0112. The molecule has 0 fully saturated rings. The monoisotopic (exact) mass is 314 g/mol. The molecule has 0 aliphatic carbocycles. The van der Waals surface area contributed by atoms with Crippen LogP contribution in [0.25, 0.3) is 0 Å². The molecule has 1 heterocycles. The number of carbonyl (C=O) groups excluding carboxylic acids is 2. The number of carbonyl (C=O) groups is 2. The quantitative estimate of drug-likeness (QED) is 0.911. The van der Waals surface area contributed by atoms with Crippen molar-refractivity contribution >= 4 is 29.1 Å². The molecule has 0 saturated heterocycles. The van der Waals surface area contributed by atoms with Crippen molar-refractivity contribution in [1.29, 1.82) is 0 Å². The maximum absolute atomic E-state index is 12.0. The van der Waals surface area contributed by atoms with Gasteiger partial charge in [0.1, 0.15) is 0 Å². The molecule has 2 amide bonds. The molecule has 0 radical (unpaired) electrons. The second kappa shape index (κ2) is 6.20. The molecule has 2 aromatic carbocycles. The zero-order valence-corrected chi connectivity index (χ0v) is 12.6. The Hall–Kier alpha value is -2.33. The van der Waals surface area contributed by atoms with Crippen LogP contribution in [0, 0.1) is 0 Å². The summed E-state index contributed by atoms with van der Waals surface area (Å²) in [4.78, 5) is 23.3.